The smallest absolute Gasteiger partial charge is 0.290 e. The Morgan fingerprint density at radius 2 is 1.96 bits per heavy atom. The van der Waals surface area contributed by atoms with Gasteiger partial charge in [0.25, 0.3) is 5.91 Å². The fraction of sp³-hybridized carbons (Fsp3) is 0.333. The zero-order chi connectivity index (χ0) is 19.6. The number of Topliss-reactive ketones (excluding diaryl/α,β-unsaturated/α-hetero) is 1. The molecule has 6 heteroatoms. The SMILES string of the molecule is COCCN1C(=O)C(O)=C(C(=O)c2ccco2)[C@@H]1c1ccc(C(C)C)cc1. The van der Waals surface area contributed by atoms with Crippen LogP contribution in [0.25, 0.3) is 0 Å². The molecule has 0 fully saturated rings. The third kappa shape index (κ3) is 3.53. The highest BCUT2D eigenvalue weighted by Crippen LogP contribution is 2.39. The second kappa shape index (κ2) is 7.80. The number of carbonyl (C=O) groups excluding carboxylic acids is 2. The third-order valence-electron chi connectivity index (χ3n) is 4.75. The van der Waals surface area contributed by atoms with E-state index in [1.54, 1.807) is 6.07 Å². The Labute approximate surface area is 158 Å². The number of aliphatic hydroxyl groups is 1. The maximum atomic E-state index is 12.9. The molecule has 1 aromatic carbocycles. The van der Waals surface area contributed by atoms with E-state index in [4.69, 9.17) is 9.15 Å². The first-order valence-electron chi connectivity index (χ1n) is 8.86. The van der Waals surface area contributed by atoms with Crippen LogP contribution in [-0.4, -0.2) is 42.0 Å². The first-order chi connectivity index (χ1) is 13.0. The number of rotatable bonds is 7. The summed E-state index contributed by atoms with van der Waals surface area (Å²) in [5.41, 5.74) is 1.93. The molecule has 1 N–H and O–H groups in total. The number of ketones is 1. The molecule has 3 rings (SSSR count). The maximum absolute atomic E-state index is 12.9. The van der Waals surface area contributed by atoms with Crippen LogP contribution in [0.3, 0.4) is 0 Å². The Hall–Kier alpha value is -2.86. The molecular weight excluding hydrogens is 346 g/mol. The van der Waals surface area contributed by atoms with Crippen molar-refractivity contribution in [1.29, 1.82) is 0 Å². The largest absolute Gasteiger partial charge is 0.503 e. The van der Waals surface area contributed by atoms with E-state index in [0.29, 0.717) is 12.5 Å². The molecule has 27 heavy (non-hydrogen) atoms. The minimum absolute atomic E-state index is 0.0309. The van der Waals surface area contributed by atoms with Crippen LogP contribution in [0.4, 0.5) is 0 Å². The lowest BCUT2D eigenvalue weighted by atomic mass is 9.93. The van der Waals surface area contributed by atoms with Crippen molar-refractivity contribution in [2.24, 2.45) is 0 Å². The number of aliphatic hydroxyl groups excluding tert-OH is 1. The minimum Gasteiger partial charge on any atom is -0.503 e. The second-order valence-electron chi connectivity index (χ2n) is 6.78. The third-order valence-corrected chi connectivity index (χ3v) is 4.75. The minimum atomic E-state index is -0.688. The molecule has 6 nitrogen and oxygen atoms in total. The Balaban J connectivity index is 2.05. The van der Waals surface area contributed by atoms with Crippen molar-refractivity contribution in [1.82, 2.24) is 4.90 Å². The molecule has 0 unspecified atom stereocenters. The standard InChI is InChI=1S/C21H23NO5/c1-13(2)14-6-8-15(9-7-14)18-17(19(23)16-5-4-11-27-16)20(24)21(25)22(18)10-12-26-3/h4-9,11,13,18,24H,10,12H2,1-3H3/t18-/m0/s1. The van der Waals surface area contributed by atoms with Gasteiger partial charge >= 0.3 is 0 Å². The fourth-order valence-corrected chi connectivity index (χ4v) is 3.26. The summed E-state index contributed by atoms with van der Waals surface area (Å²) in [4.78, 5) is 27.0. The molecule has 0 bridgehead atoms. The molecule has 1 atom stereocenters. The van der Waals surface area contributed by atoms with E-state index in [2.05, 4.69) is 13.8 Å². The molecule has 1 aliphatic rings. The predicted octanol–water partition coefficient (Wildman–Crippen LogP) is 3.63. The van der Waals surface area contributed by atoms with Crippen molar-refractivity contribution < 1.29 is 23.8 Å². The molecule has 2 aromatic rings. The number of methoxy groups -OCH3 is 1. The van der Waals surface area contributed by atoms with Gasteiger partial charge in [-0.3, -0.25) is 9.59 Å². The summed E-state index contributed by atoms with van der Waals surface area (Å²) in [5, 5.41) is 10.5. The summed E-state index contributed by atoms with van der Waals surface area (Å²) in [7, 11) is 1.54. The summed E-state index contributed by atoms with van der Waals surface area (Å²) in [5.74, 6) is -1.17. The van der Waals surface area contributed by atoms with Crippen LogP contribution in [0.2, 0.25) is 0 Å². The number of amides is 1. The van der Waals surface area contributed by atoms with Gasteiger partial charge in [-0.2, -0.15) is 0 Å². The van der Waals surface area contributed by atoms with E-state index in [9.17, 15) is 14.7 Å². The molecule has 142 valence electrons. The van der Waals surface area contributed by atoms with Crippen LogP contribution in [0.15, 0.2) is 58.4 Å². The molecular formula is C21H23NO5. The first kappa shape index (κ1) is 18.9. The average molecular weight is 369 g/mol. The Morgan fingerprint density at radius 3 is 2.52 bits per heavy atom. The van der Waals surface area contributed by atoms with Gasteiger partial charge in [-0.1, -0.05) is 38.1 Å². The lowest BCUT2D eigenvalue weighted by Gasteiger charge is -2.26. The van der Waals surface area contributed by atoms with Crippen LogP contribution < -0.4 is 0 Å². The highest BCUT2D eigenvalue weighted by atomic mass is 16.5. The molecule has 1 amide bonds. The lowest BCUT2D eigenvalue weighted by molar-refractivity contribution is -0.130. The van der Waals surface area contributed by atoms with Crippen molar-refractivity contribution >= 4 is 11.7 Å². The molecule has 0 saturated heterocycles. The predicted molar refractivity (Wildman–Crippen MR) is 99.6 cm³/mol. The number of nitrogens with zero attached hydrogens (tertiary/aromatic N) is 1. The zero-order valence-electron chi connectivity index (χ0n) is 15.6. The zero-order valence-corrected chi connectivity index (χ0v) is 15.6. The van der Waals surface area contributed by atoms with Crippen LogP contribution >= 0.6 is 0 Å². The van der Waals surface area contributed by atoms with Gasteiger partial charge in [-0.15, -0.1) is 0 Å². The molecule has 2 heterocycles. The van der Waals surface area contributed by atoms with Crippen molar-refractivity contribution in [3.63, 3.8) is 0 Å². The van der Waals surface area contributed by atoms with E-state index in [1.807, 2.05) is 24.3 Å². The van der Waals surface area contributed by atoms with Crippen molar-refractivity contribution in [3.05, 3.63) is 70.9 Å². The summed E-state index contributed by atoms with van der Waals surface area (Å²) in [6.07, 6.45) is 1.39. The topological polar surface area (TPSA) is 80.0 Å². The van der Waals surface area contributed by atoms with Gasteiger partial charge in [-0.25, -0.2) is 0 Å². The second-order valence-corrected chi connectivity index (χ2v) is 6.78. The average Bonchev–Trinajstić information content (AvgIpc) is 3.28. The summed E-state index contributed by atoms with van der Waals surface area (Å²) in [6, 6.07) is 10.2. The number of furan rings is 1. The molecule has 1 aromatic heterocycles. The molecule has 0 radical (unpaired) electrons. The van der Waals surface area contributed by atoms with Crippen molar-refractivity contribution in [2.75, 3.05) is 20.3 Å². The molecule has 0 spiro atoms. The van der Waals surface area contributed by atoms with Crippen LogP contribution in [0.1, 0.15) is 47.5 Å². The number of ether oxygens (including phenoxy) is 1. The lowest BCUT2D eigenvalue weighted by Crippen LogP contribution is -2.34. The number of carbonyl (C=O) groups is 2. The van der Waals surface area contributed by atoms with E-state index in [1.165, 1.54) is 24.3 Å². The fourth-order valence-electron chi connectivity index (χ4n) is 3.26. The summed E-state index contributed by atoms with van der Waals surface area (Å²) < 4.78 is 10.3. The van der Waals surface area contributed by atoms with E-state index in [0.717, 1.165) is 11.1 Å². The Bertz CT molecular complexity index is 849. The highest BCUT2D eigenvalue weighted by molar-refractivity contribution is 6.15. The molecule has 1 aliphatic heterocycles. The van der Waals surface area contributed by atoms with Gasteiger partial charge < -0.3 is 19.2 Å². The van der Waals surface area contributed by atoms with E-state index in [-0.39, 0.29) is 17.9 Å². The van der Waals surface area contributed by atoms with Crippen molar-refractivity contribution in [2.45, 2.75) is 25.8 Å². The monoisotopic (exact) mass is 369 g/mol. The molecule has 0 aliphatic carbocycles. The first-order valence-corrected chi connectivity index (χ1v) is 8.86. The Kier molecular flexibility index (Phi) is 5.46. The quantitative estimate of drug-likeness (QED) is 0.754. The van der Waals surface area contributed by atoms with Gasteiger partial charge in [-0.05, 0) is 29.2 Å². The highest BCUT2D eigenvalue weighted by Gasteiger charge is 2.44. The van der Waals surface area contributed by atoms with Gasteiger partial charge in [0.2, 0.25) is 5.78 Å². The van der Waals surface area contributed by atoms with Crippen molar-refractivity contribution in [3.8, 4) is 0 Å². The van der Waals surface area contributed by atoms with Gasteiger partial charge in [0.05, 0.1) is 24.5 Å². The number of benzene rings is 1. The van der Waals surface area contributed by atoms with E-state index >= 15 is 0 Å². The maximum Gasteiger partial charge on any atom is 0.290 e. The summed E-state index contributed by atoms with van der Waals surface area (Å²) >= 11 is 0. The van der Waals surface area contributed by atoms with Gasteiger partial charge in [0, 0.05) is 13.7 Å². The number of hydrogen-bond acceptors (Lipinski definition) is 5. The van der Waals surface area contributed by atoms with Crippen LogP contribution in [-0.2, 0) is 9.53 Å². The normalized spacial score (nSPS) is 17.3. The Morgan fingerprint density at radius 1 is 1.26 bits per heavy atom. The van der Waals surface area contributed by atoms with Gasteiger partial charge in [0.15, 0.2) is 11.5 Å². The van der Waals surface area contributed by atoms with Crippen LogP contribution in [0, 0.1) is 0 Å². The van der Waals surface area contributed by atoms with E-state index < -0.39 is 23.5 Å². The van der Waals surface area contributed by atoms with Crippen LogP contribution in [0.5, 0.6) is 0 Å². The van der Waals surface area contributed by atoms with Gasteiger partial charge in [0.1, 0.15) is 0 Å². The summed E-state index contributed by atoms with van der Waals surface area (Å²) in [6.45, 7) is 4.74. The molecule has 0 saturated carbocycles. The number of hydrogen-bond donors (Lipinski definition) is 1.